The number of rotatable bonds is 7. The highest BCUT2D eigenvalue weighted by molar-refractivity contribution is 5.95. The number of halogens is 1. The van der Waals surface area contributed by atoms with Crippen molar-refractivity contribution >= 4 is 5.78 Å². The van der Waals surface area contributed by atoms with E-state index >= 15 is 0 Å². The lowest BCUT2D eigenvalue weighted by molar-refractivity contribution is 0.0870. The summed E-state index contributed by atoms with van der Waals surface area (Å²) in [6, 6.07) is 2.76. The molecule has 1 saturated carbocycles. The van der Waals surface area contributed by atoms with Gasteiger partial charge in [-0.05, 0) is 37.4 Å². The van der Waals surface area contributed by atoms with Crippen LogP contribution in [0, 0.1) is 17.7 Å². The van der Waals surface area contributed by atoms with Gasteiger partial charge in [0, 0.05) is 19.0 Å². The van der Waals surface area contributed by atoms with Crippen molar-refractivity contribution in [2.75, 3.05) is 19.6 Å². The minimum Gasteiger partial charge on any atom is -0.303 e. The van der Waals surface area contributed by atoms with E-state index in [-0.39, 0.29) is 11.7 Å². The topological polar surface area (TPSA) is 33.2 Å². The first-order chi connectivity index (χ1) is 9.60. The Kier molecular flexibility index (Phi) is 5.24. The number of Topliss-reactive ketones (excluding diaryl/α,β-unsaturated/α-hetero) is 1. The molecular weight excluding hydrogens is 255 g/mol. The number of carbonyl (C=O) groups excluding carboxylic acids is 1. The number of aromatic nitrogens is 1. The van der Waals surface area contributed by atoms with Gasteiger partial charge >= 0.3 is 0 Å². The van der Waals surface area contributed by atoms with E-state index in [4.69, 9.17) is 0 Å². The Labute approximate surface area is 120 Å². The van der Waals surface area contributed by atoms with E-state index in [0.717, 1.165) is 31.7 Å². The molecule has 0 N–H and O–H groups in total. The van der Waals surface area contributed by atoms with Crippen molar-refractivity contribution < 1.29 is 9.18 Å². The fourth-order valence-corrected chi connectivity index (χ4v) is 2.62. The van der Waals surface area contributed by atoms with Crippen LogP contribution in [0.2, 0.25) is 0 Å². The molecule has 1 fully saturated rings. The third kappa shape index (κ3) is 3.85. The largest absolute Gasteiger partial charge is 0.303 e. The molecule has 1 atom stereocenters. The molecule has 1 aliphatic rings. The van der Waals surface area contributed by atoms with Gasteiger partial charge in [-0.2, -0.15) is 0 Å². The zero-order valence-corrected chi connectivity index (χ0v) is 12.3. The molecule has 20 heavy (non-hydrogen) atoms. The van der Waals surface area contributed by atoms with E-state index in [1.807, 2.05) is 6.92 Å². The SMILES string of the molecule is CCN(CC1CCC1)CC(C)C(=O)c1ccc(F)cn1. The molecule has 1 unspecified atom stereocenters. The normalized spacial score (nSPS) is 17.0. The van der Waals surface area contributed by atoms with Crippen LogP contribution in [0.25, 0.3) is 0 Å². The number of hydrogen-bond acceptors (Lipinski definition) is 3. The summed E-state index contributed by atoms with van der Waals surface area (Å²) in [7, 11) is 0. The van der Waals surface area contributed by atoms with Crippen LogP contribution in [0.3, 0.4) is 0 Å². The summed E-state index contributed by atoms with van der Waals surface area (Å²) in [5.74, 6) is 0.292. The highest BCUT2D eigenvalue weighted by Crippen LogP contribution is 2.27. The number of hydrogen-bond donors (Lipinski definition) is 0. The van der Waals surface area contributed by atoms with Crippen LogP contribution in [-0.2, 0) is 0 Å². The van der Waals surface area contributed by atoms with Crippen LogP contribution in [0.15, 0.2) is 18.3 Å². The second kappa shape index (κ2) is 6.93. The lowest BCUT2D eigenvalue weighted by atomic mass is 9.85. The van der Waals surface area contributed by atoms with Gasteiger partial charge in [0.05, 0.1) is 6.20 Å². The maximum absolute atomic E-state index is 12.8. The highest BCUT2D eigenvalue weighted by Gasteiger charge is 2.23. The molecule has 1 aliphatic carbocycles. The van der Waals surface area contributed by atoms with Gasteiger partial charge in [0.1, 0.15) is 11.5 Å². The van der Waals surface area contributed by atoms with Crippen molar-refractivity contribution in [1.82, 2.24) is 9.88 Å². The molecule has 0 aliphatic heterocycles. The smallest absolute Gasteiger partial charge is 0.185 e. The summed E-state index contributed by atoms with van der Waals surface area (Å²) >= 11 is 0. The number of carbonyl (C=O) groups is 1. The Morgan fingerprint density at radius 3 is 2.75 bits per heavy atom. The maximum Gasteiger partial charge on any atom is 0.185 e. The molecule has 0 spiro atoms. The summed E-state index contributed by atoms with van der Waals surface area (Å²) in [5, 5.41) is 0. The van der Waals surface area contributed by atoms with E-state index in [1.165, 1.54) is 31.4 Å². The summed E-state index contributed by atoms with van der Waals surface area (Å²) in [4.78, 5) is 18.5. The summed E-state index contributed by atoms with van der Waals surface area (Å²) in [6.07, 6.45) is 5.08. The van der Waals surface area contributed by atoms with Gasteiger partial charge in [-0.1, -0.05) is 20.3 Å². The molecule has 4 heteroatoms. The molecule has 0 aromatic carbocycles. The third-order valence-electron chi connectivity index (χ3n) is 4.15. The fourth-order valence-electron chi connectivity index (χ4n) is 2.62. The Hall–Kier alpha value is -1.29. The predicted octanol–water partition coefficient (Wildman–Crippen LogP) is 3.16. The van der Waals surface area contributed by atoms with Gasteiger partial charge in [-0.15, -0.1) is 0 Å². The molecule has 1 aromatic rings. The molecule has 2 rings (SSSR count). The lowest BCUT2D eigenvalue weighted by Crippen LogP contribution is -2.37. The first-order valence-corrected chi connectivity index (χ1v) is 7.48. The van der Waals surface area contributed by atoms with E-state index in [1.54, 1.807) is 0 Å². The van der Waals surface area contributed by atoms with Crippen LogP contribution in [0.5, 0.6) is 0 Å². The average Bonchev–Trinajstić information content (AvgIpc) is 2.41. The monoisotopic (exact) mass is 278 g/mol. The molecule has 3 nitrogen and oxygen atoms in total. The quantitative estimate of drug-likeness (QED) is 0.718. The Balaban J connectivity index is 1.89. The molecule has 1 heterocycles. The van der Waals surface area contributed by atoms with E-state index in [2.05, 4.69) is 16.8 Å². The highest BCUT2D eigenvalue weighted by atomic mass is 19.1. The maximum atomic E-state index is 12.8. The van der Waals surface area contributed by atoms with Gasteiger partial charge in [-0.25, -0.2) is 4.39 Å². The Bertz CT molecular complexity index is 442. The van der Waals surface area contributed by atoms with Crippen LogP contribution in [0.4, 0.5) is 4.39 Å². The minimum atomic E-state index is -0.408. The van der Waals surface area contributed by atoms with Crippen molar-refractivity contribution in [1.29, 1.82) is 0 Å². The van der Waals surface area contributed by atoms with Crippen molar-refractivity contribution in [2.24, 2.45) is 11.8 Å². The van der Waals surface area contributed by atoms with Crippen LogP contribution < -0.4 is 0 Å². The average molecular weight is 278 g/mol. The third-order valence-corrected chi connectivity index (χ3v) is 4.15. The molecular formula is C16H23FN2O. The summed E-state index contributed by atoms with van der Waals surface area (Å²) < 4.78 is 12.8. The second-order valence-corrected chi connectivity index (χ2v) is 5.78. The minimum absolute atomic E-state index is 0.00272. The zero-order valence-electron chi connectivity index (χ0n) is 12.3. The van der Waals surface area contributed by atoms with Crippen molar-refractivity contribution in [2.45, 2.75) is 33.1 Å². The van der Waals surface area contributed by atoms with Crippen molar-refractivity contribution in [3.05, 3.63) is 29.8 Å². The first-order valence-electron chi connectivity index (χ1n) is 7.48. The standard InChI is InChI=1S/C16H23FN2O/c1-3-19(11-13-5-4-6-13)10-12(2)16(20)15-8-7-14(17)9-18-15/h7-9,12-13H,3-6,10-11H2,1-2H3. The van der Waals surface area contributed by atoms with Crippen molar-refractivity contribution in [3.8, 4) is 0 Å². The number of pyridine rings is 1. The van der Waals surface area contributed by atoms with Crippen LogP contribution in [-0.4, -0.2) is 35.3 Å². The zero-order chi connectivity index (χ0) is 14.5. The molecule has 0 bridgehead atoms. The Morgan fingerprint density at radius 2 is 2.25 bits per heavy atom. The van der Waals surface area contributed by atoms with E-state index < -0.39 is 5.82 Å². The van der Waals surface area contributed by atoms with Crippen LogP contribution in [0.1, 0.15) is 43.6 Å². The number of nitrogens with zero attached hydrogens (tertiary/aromatic N) is 2. The van der Waals surface area contributed by atoms with Gasteiger partial charge < -0.3 is 4.90 Å². The van der Waals surface area contributed by atoms with Crippen molar-refractivity contribution in [3.63, 3.8) is 0 Å². The van der Waals surface area contributed by atoms with Gasteiger partial charge in [0.2, 0.25) is 0 Å². The second-order valence-electron chi connectivity index (χ2n) is 5.78. The van der Waals surface area contributed by atoms with Gasteiger partial charge in [-0.3, -0.25) is 9.78 Å². The van der Waals surface area contributed by atoms with E-state index in [9.17, 15) is 9.18 Å². The molecule has 110 valence electrons. The molecule has 0 amide bonds. The Morgan fingerprint density at radius 1 is 1.50 bits per heavy atom. The van der Waals surface area contributed by atoms with E-state index in [0.29, 0.717) is 5.69 Å². The van der Waals surface area contributed by atoms with Gasteiger partial charge in [0.25, 0.3) is 0 Å². The molecule has 1 aromatic heterocycles. The van der Waals surface area contributed by atoms with Gasteiger partial charge in [0.15, 0.2) is 5.78 Å². The lowest BCUT2D eigenvalue weighted by Gasteiger charge is -2.32. The molecule has 0 radical (unpaired) electrons. The predicted molar refractivity (Wildman–Crippen MR) is 77.1 cm³/mol. The first kappa shape index (κ1) is 15.1. The van der Waals surface area contributed by atoms with Crippen LogP contribution >= 0.6 is 0 Å². The number of ketones is 1. The molecule has 0 saturated heterocycles. The summed E-state index contributed by atoms with van der Waals surface area (Å²) in [6.45, 7) is 6.86. The summed E-state index contributed by atoms with van der Waals surface area (Å²) in [5.41, 5.74) is 0.360. The fraction of sp³-hybridized carbons (Fsp3) is 0.625.